The molecule has 266 valence electrons. The van der Waals surface area contributed by atoms with Crippen molar-refractivity contribution in [1.82, 2.24) is 0 Å². The summed E-state index contributed by atoms with van der Waals surface area (Å²) in [6, 6.07) is 3.16. The van der Waals surface area contributed by atoms with Crippen LogP contribution >= 0.6 is 0 Å². The van der Waals surface area contributed by atoms with Crippen LogP contribution in [0.15, 0.2) is 47.1 Å². The zero-order valence-corrected chi connectivity index (χ0v) is 29.4. The van der Waals surface area contributed by atoms with Gasteiger partial charge in [-0.1, -0.05) is 28.9 Å². The molecule has 2 N–H and O–H groups in total. The lowest BCUT2D eigenvalue weighted by Crippen LogP contribution is -2.62. The maximum atomic E-state index is 11.9. The molecule has 2 rings (SSSR count). The summed E-state index contributed by atoms with van der Waals surface area (Å²) < 4.78 is 33.3. The number of aromatic hydroxyl groups is 1. The average Bonchev–Trinajstić information content (AvgIpc) is 2.95. The number of hydrogen-bond acceptors (Lipinski definition) is 12. The Bertz CT molecular complexity index is 1390. The van der Waals surface area contributed by atoms with Crippen LogP contribution in [0.5, 0.6) is 11.5 Å². The SMILES string of the molecule is CC(=O)OC[C@H]1O[C@@H](Oc2cc(C)c(O)cc2C/C=C(/C)CC/C=C(\C)C[C@H](C=C(C)C)OC(C)=O)[C@H](O)[C@@H](OC(C)=O)[C@H]1OC(C)=O. The molecule has 0 radical (unpaired) electrons. The van der Waals surface area contributed by atoms with Gasteiger partial charge in [0.25, 0.3) is 0 Å². The minimum atomic E-state index is -1.60. The van der Waals surface area contributed by atoms with E-state index in [0.29, 0.717) is 29.7 Å². The van der Waals surface area contributed by atoms with Gasteiger partial charge in [-0.15, -0.1) is 0 Å². The third-order valence-corrected chi connectivity index (χ3v) is 7.35. The lowest BCUT2D eigenvalue weighted by Gasteiger charge is -2.42. The number of phenolic OH excluding ortho intramolecular Hbond substituents is 1. The van der Waals surface area contributed by atoms with Gasteiger partial charge < -0.3 is 38.6 Å². The Morgan fingerprint density at radius 1 is 0.875 bits per heavy atom. The molecule has 1 aliphatic heterocycles. The molecule has 0 aliphatic carbocycles. The summed E-state index contributed by atoms with van der Waals surface area (Å²) >= 11 is 0. The molecule has 0 saturated carbocycles. The number of ether oxygens (including phenoxy) is 6. The molecule has 0 unspecified atom stereocenters. The molecule has 1 fully saturated rings. The third kappa shape index (κ3) is 13.5. The van der Waals surface area contributed by atoms with E-state index in [0.717, 1.165) is 43.4 Å². The number of esters is 4. The van der Waals surface area contributed by atoms with Crippen molar-refractivity contribution in [3.05, 3.63) is 58.2 Å². The molecule has 1 aromatic carbocycles. The van der Waals surface area contributed by atoms with Crippen molar-refractivity contribution in [2.75, 3.05) is 6.61 Å². The van der Waals surface area contributed by atoms with E-state index in [1.54, 1.807) is 19.1 Å². The first-order chi connectivity index (χ1) is 22.5. The van der Waals surface area contributed by atoms with Gasteiger partial charge in [-0.2, -0.15) is 0 Å². The first kappa shape index (κ1) is 40.0. The Kier molecular flexibility index (Phi) is 15.8. The summed E-state index contributed by atoms with van der Waals surface area (Å²) in [6.45, 7) is 14.1. The number of hydrogen-bond donors (Lipinski definition) is 2. The molecule has 0 bridgehead atoms. The van der Waals surface area contributed by atoms with Crippen molar-refractivity contribution >= 4 is 23.9 Å². The molecule has 1 saturated heterocycles. The van der Waals surface area contributed by atoms with Crippen molar-refractivity contribution in [3.63, 3.8) is 0 Å². The first-order valence-electron chi connectivity index (χ1n) is 15.9. The number of carbonyl (C=O) groups excluding carboxylic acids is 4. The lowest BCUT2D eigenvalue weighted by atomic mass is 9.98. The van der Waals surface area contributed by atoms with Gasteiger partial charge in [0.05, 0.1) is 0 Å². The summed E-state index contributed by atoms with van der Waals surface area (Å²) in [5, 5.41) is 21.7. The van der Waals surface area contributed by atoms with E-state index in [1.165, 1.54) is 13.8 Å². The Morgan fingerprint density at radius 2 is 1.52 bits per heavy atom. The van der Waals surface area contributed by atoms with E-state index >= 15 is 0 Å². The Morgan fingerprint density at radius 3 is 2.10 bits per heavy atom. The molecule has 1 heterocycles. The highest BCUT2D eigenvalue weighted by atomic mass is 16.7. The van der Waals surface area contributed by atoms with Crippen LogP contribution < -0.4 is 4.74 Å². The van der Waals surface area contributed by atoms with Gasteiger partial charge in [0.15, 0.2) is 18.3 Å². The number of aliphatic hydroxyl groups is 1. The number of phenols is 1. The van der Waals surface area contributed by atoms with Crippen LogP contribution in [-0.4, -0.2) is 77.5 Å². The van der Waals surface area contributed by atoms with Gasteiger partial charge in [0.2, 0.25) is 6.29 Å². The van der Waals surface area contributed by atoms with E-state index in [1.807, 2.05) is 39.8 Å². The Balaban J connectivity index is 2.25. The molecule has 1 aromatic rings. The van der Waals surface area contributed by atoms with E-state index in [-0.39, 0.29) is 24.4 Å². The second-order valence-corrected chi connectivity index (χ2v) is 12.3. The molecule has 0 amide bonds. The van der Waals surface area contributed by atoms with Gasteiger partial charge in [-0.05, 0) is 77.7 Å². The topological polar surface area (TPSA) is 164 Å². The van der Waals surface area contributed by atoms with Crippen molar-refractivity contribution in [3.8, 4) is 11.5 Å². The van der Waals surface area contributed by atoms with Crippen molar-refractivity contribution < 1.29 is 57.8 Å². The van der Waals surface area contributed by atoms with E-state index in [2.05, 4.69) is 6.08 Å². The summed E-state index contributed by atoms with van der Waals surface area (Å²) in [5.41, 5.74) is 4.35. The number of allylic oxidation sites excluding steroid dienone is 4. The predicted molar refractivity (Wildman–Crippen MR) is 176 cm³/mol. The van der Waals surface area contributed by atoms with E-state index in [9.17, 15) is 29.4 Å². The Labute approximate surface area is 282 Å². The summed E-state index contributed by atoms with van der Waals surface area (Å²) in [5.74, 6) is -2.07. The van der Waals surface area contributed by atoms with Crippen LogP contribution in [-0.2, 0) is 49.3 Å². The number of carbonyl (C=O) groups is 4. The largest absolute Gasteiger partial charge is 0.508 e. The molecule has 1 aliphatic rings. The standard InChI is InChI=1S/C36H50O12/c1-20(2)15-29(44-25(7)38)16-22(4)12-10-11-21(3)13-14-28-18-30(41)23(5)17-31(28)47-36-33(42)35(46-27(9)40)34(45-26(8)39)32(48-36)19-43-24(6)37/h12-13,15,17-18,29,32-36,41-42H,10-11,14,16,19H2,1-9H3/b21-13-,22-12+/t29-,32+,33+,34-,35+,36+/m0/s1. The maximum absolute atomic E-state index is 11.9. The lowest BCUT2D eigenvalue weighted by molar-refractivity contribution is -0.285. The molecule has 0 aromatic heterocycles. The van der Waals surface area contributed by atoms with Crippen molar-refractivity contribution in [2.45, 2.75) is 125 Å². The molecule has 12 nitrogen and oxygen atoms in total. The monoisotopic (exact) mass is 674 g/mol. The predicted octanol–water partition coefficient (Wildman–Crippen LogP) is 5.10. The van der Waals surface area contributed by atoms with Gasteiger partial charge in [-0.25, -0.2) is 0 Å². The van der Waals surface area contributed by atoms with Crippen LogP contribution in [0.2, 0.25) is 0 Å². The fourth-order valence-corrected chi connectivity index (χ4v) is 5.15. The minimum Gasteiger partial charge on any atom is -0.508 e. The van der Waals surface area contributed by atoms with Crippen LogP contribution in [0.4, 0.5) is 0 Å². The third-order valence-electron chi connectivity index (χ3n) is 7.35. The number of rotatable bonds is 15. The van der Waals surface area contributed by atoms with E-state index < -0.39 is 48.6 Å². The number of benzene rings is 1. The smallest absolute Gasteiger partial charge is 0.303 e. The highest BCUT2D eigenvalue weighted by Gasteiger charge is 2.51. The van der Waals surface area contributed by atoms with E-state index in [4.69, 9.17) is 28.4 Å². The van der Waals surface area contributed by atoms with Crippen LogP contribution in [0.3, 0.4) is 0 Å². The second kappa shape index (κ2) is 19.0. The van der Waals surface area contributed by atoms with Crippen molar-refractivity contribution in [2.24, 2.45) is 0 Å². The maximum Gasteiger partial charge on any atom is 0.303 e. The van der Waals surface area contributed by atoms with Gasteiger partial charge in [0.1, 0.15) is 30.3 Å². The first-order valence-corrected chi connectivity index (χ1v) is 15.9. The Hall–Kier alpha value is -4.16. The second-order valence-electron chi connectivity index (χ2n) is 12.3. The van der Waals surface area contributed by atoms with Crippen LogP contribution in [0.25, 0.3) is 0 Å². The van der Waals surface area contributed by atoms with Gasteiger partial charge in [-0.3, -0.25) is 19.2 Å². The summed E-state index contributed by atoms with van der Waals surface area (Å²) in [4.78, 5) is 46.9. The van der Waals surface area contributed by atoms with Gasteiger partial charge >= 0.3 is 23.9 Å². The van der Waals surface area contributed by atoms with Crippen molar-refractivity contribution in [1.29, 1.82) is 0 Å². The zero-order valence-electron chi connectivity index (χ0n) is 29.4. The molecular weight excluding hydrogens is 624 g/mol. The quantitative estimate of drug-likeness (QED) is 0.144. The average molecular weight is 675 g/mol. The molecule has 12 heteroatoms. The van der Waals surface area contributed by atoms with Crippen LogP contribution in [0, 0.1) is 6.92 Å². The van der Waals surface area contributed by atoms with Crippen LogP contribution in [0.1, 0.15) is 85.8 Å². The normalized spacial score (nSPS) is 21.8. The molecular formula is C36H50O12. The zero-order chi connectivity index (χ0) is 36.1. The minimum absolute atomic E-state index is 0.0474. The number of aryl methyl sites for hydroxylation is 1. The molecule has 6 atom stereocenters. The summed E-state index contributed by atoms with van der Waals surface area (Å²) in [7, 11) is 0. The number of aliphatic hydroxyl groups excluding tert-OH is 1. The summed E-state index contributed by atoms with van der Waals surface area (Å²) in [6.07, 6.45) is 1.42. The highest BCUT2D eigenvalue weighted by Crippen LogP contribution is 2.33. The highest BCUT2D eigenvalue weighted by molar-refractivity contribution is 5.68. The molecule has 0 spiro atoms. The fraction of sp³-hybridized carbons (Fsp3) is 0.556. The van der Waals surface area contributed by atoms with Gasteiger partial charge in [0, 0.05) is 39.7 Å². The fourth-order valence-electron chi connectivity index (χ4n) is 5.15. The molecule has 48 heavy (non-hydrogen) atoms.